The Balaban J connectivity index is 1.98. The molecule has 3 heteroatoms. The number of aliphatic hydroxyl groups is 1. The van der Waals surface area contributed by atoms with Crippen LogP contribution in [-0.4, -0.2) is 17.3 Å². The van der Waals surface area contributed by atoms with Gasteiger partial charge in [0.25, 0.3) is 0 Å². The molecule has 0 atom stereocenters. The van der Waals surface area contributed by atoms with Gasteiger partial charge < -0.3 is 14.6 Å². The van der Waals surface area contributed by atoms with Crippen molar-refractivity contribution in [3.8, 4) is 11.5 Å². The van der Waals surface area contributed by atoms with Crippen LogP contribution in [0.1, 0.15) is 48.1 Å². The second-order valence-corrected chi connectivity index (χ2v) is 7.51. The molecule has 0 saturated heterocycles. The smallest absolute Gasteiger partial charge is 0.127 e. The summed E-state index contributed by atoms with van der Waals surface area (Å²) in [5.74, 6) is 1.98. The van der Waals surface area contributed by atoms with E-state index in [0.717, 1.165) is 41.9 Å². The van der Waals surface area contributed by atoms with E-state index in [9.17, 15) is 5.11 Å². The van der Waals surface area contributed by atoms with Crippen LogP contribution < -0.4 is 9.47 Å². The SMILES string of the molecule is Cc1c(CCCO)c2c(c(C)c1OCc1ccccc1)CC(C)(C)O2. The summed E-state index contributed by atoms with van der Waals surface area (Å²) in [7, 11) is 0. The predicted molar refractivity (Wildman–Crippen MR) is 101 cm³/mol. The molecule has 1 aliphatic rings. The van der Waals surface area contributed by atoms with Gasteiger partial charge in [-0.25, -0.2) is 0 Å². The largest absolute Gasteiger partial charge is 0.488 e. The van der Waals surface area contributed by atoms with Crippen LogP contribution in [0.2, 0.25) is 0 Å². The van der Waals surface area contributed by atoms with Gasteiger partial charge >= 0.3 is 0 Å². The lowest BCUT2D eigenvalue weighted by Crippen LogP contribution is -2.25. The van der Waals surface area contributed by atoms with Gasteiger partial charge in [0.15, 0.2) is 0 Å². The van der Waals surface area contributed by atoms with Gasteiger partial charge in [-0.15, -0.1) is 0 Å². The lowest BCUT2D eigenvalue weighted by molar-refractivity contribution is 0.137. The normalized spacial score (nSPS) is 14.9. The molecule has 2 aromatic rings. The summed E-state index contributed by atoms with van der Waals surface area (Å²) in [5.41, 5.74) is 5.73. The zero-order valence-corrected chi connectivity index (χ0v) is 15.7. The molecule has 0 aliphatic carbocycles. The van der Waals surface area contributed by atoms with Gasteiger partial charge in [-0.3, -0.25) is 0 Å². The summed E-state index contributed by atoms with van der Waals surface area (Å²) in [4.78, 5) is 0. The summed E-state index contributed by atoms with van der Waals surface area (Å²) < 4.78 is 12.5. The zero-order valence-electron chi connectivity index (χ0n) is 15.7. The molecular weight excluding hydrogens is 312 g/mol. The molecule has 0 unspecified atom stereocenters. The number of hydrogen-bond donors (Lipinski definition) is 1. The number of aliphatic hydroxyl groups excluding tert-OH is 1. The minimum atomic E-state index is -0.189. The lowest BCUT2D eigenvalue weighted by atomic mass is 9.91. The van der Waals surface area contributed by atoms with Gasteiger partial charge in [0, 0.05) is 24.2 Å². The number of rotatable bonds is 6. The van der Waals surface area contributed by atoms with Crippen LogP contribution in [0.4, 0.5) is 0 Å². The maximum Gasteiger partial charge on any atom is 0.127 e. The molecule has 3 rings (SSSR count). The van der Waals surface area contributed by atoms with Gasteiger partial charge in [0.1, 0.15) is 23.7 Å². The van der Waals surface area contributed by atoms with Crippen molar-refractivity contribution < 1.29 is 14.6 Å². The van der Waals surface area contributed by atoms with Crippen LogP contribution in [0.3, 0.4) is 0 Å². The van der Waals surface area contributed by atoms with E-state index in [4.69, 9.17) is 9.47 Å². The monoisotopic (exact) mass is 340 g/mol. The molecule has 2 aromatic carbocycles. The highest BCUT2D eigenvalue weighted by Crippen LogP contribution is 2.46. The maximum atomic E-state index is 9.27. The molecule has 0 bridgehead atoms. The first-order valence-corrected chi connectivity index (χ1v) is 9.04. The van der Waals surface area contributed by atoms with Gasteiger partial charge in [-0.05, 0) is 57.2 Å². The molecular formula is C22H28O3. The Morgan fingerprint density at radius 1 is 1.12 bits per heavy atom. The van der Waals surface area contributed by atoms with Gasteiger partial charge in [-0.2, -0.15) is 0 Å². The van der Waals surface area contributed by atoms with Gasteiger partial charge in [0.05, 0.1) is 0 Å². The Labute approximate surface area is 150 Å². The van der Waals surface area contributed by atoms with Crippen molar-refractivity contribution in [2.24, 2.45) is 0 Å². The number of fused-ring (bicyclic) bond motifs is 1. The van der Waals surface area contributed by atoms with Crippen LogP contribution in [0, 0.1) is 13.8 Å². The molecule has 0 radical (unpaired) electrons. The second kappa shape index (κ2) is 7.09. The molecule has 3 nitrogen and oxygen atoms in total. The van der Waals surface area contributed by atoms with Gasteiger partial charge in [-0.1, -0.05) is 30.3 Å². The zero-order chi connectivity index (χ0) is 18.0. The third kappa shape index (κ3) is 3.67. The quantitative estimate of drug-likeness (QED) is 0.840. The second-order valence-electron chi connectivity index (χ2n) is 7.51. The Hall–Kier alpha value is -2.00. The minimum Gasteiger partial charge on any atom is -0.488 e. The highest BCUT2D eigenvalue weighted by atomic mass is 16.5. The summed E-state index contributed by atoms with van der Waals surface area (Å²) in [6, 6.07) is 10.2. The van der Waals surface area contributed by atoms with Crippen molar-refractivity contribution in [1.29, 1.82) is 0 Å². The molecule has 1 N–H and O–H groups in total. The summed E-state index contributed by atoms with van der Waals surface area (Å²) in [6.45, 7) is 9.24. The van der Waals surface area contributed by atoms with Crippen LogP contribution in [-0.2, 0) is 19.4 Å². The fourth-order valence-corrected chi connectivity index (χ4v) is 3.66. The maximum absolute atomic E-state index is 9.27. The standard InChI is InChI=1S/C22H28O3/c1-15-18(11-8-12-23)21-19(13-22(3,4)25-21)16(2)20(15)24-14-17-9-6-5-7-10-17/h5-7,9-10,23H,8,11-14H2,1-4H3. The molecule has 0 saturated carbocycles. The first kappa shape index (κ1) is 17.8. The Morgan fingerprint density at radius 3 is 2.52 bits per heavy atom. The van der Waals surface area contributed by atoms with E-state index in [0.29, 0.717) is 6.61 Å². The van der Waals surface area contributed by atoms with E-state index < -0.39 is 0 Å². The summed E-state index contributed by atoms with van der Waals surface area (Å²) in [5, 5.41) is 9.27. The van der Waals surface area contributed by atoms with Crippen LogP contribution in [0.5, 0.6) is 11.5 Å². The Bertz CT molecular complexity index is 748. The van der Waals surface area contributed by atoms with Crippen LogP contribution >= 0.6 is 0 Å². The van der Waals surface area contributed by atoms with E-state index >= 15 is 0 Å². The first-order chi connectivity index (χ1) is 11.9. The summed E-state index contributed by atoms with van der Waals surface area (Å²) in [6.07, 6.45) is 2.43. The topological polar surface area (TPSA) is 38.7 Å². The number of ether oxygens (including phenoxy) is 2. The molecule has 134 valence electrons. The Morgan fingerprint density at radius 2 is 1.84 bits per heavy atom. The van der Waals surface area contributed by atoms with Crippen molar-refractivity contribution in [3.05, 3.63) is 58.1 Å². The fourth-order valence-electron chi connectivity index (χ4n) is 3.66. The van der Waals surface area contributed by atoms with Crippen molar-refractivity contribution in [2.45, 2.75) is 59.2 Å². The average molecular weight is 340 g/mol. The van der Waals surface area contributed by atoms with Crippen molar-refractivity contribution >= 4 is 0 Å². The molecule has 1 heterocycles. The number of hydrogen-bond acceptors (Lipinski definition) is 3. The molecule has 0 aromatic heterocycles. The predicted octanol–water partition coefficient (Wildman–Crippen LogP) is 4.52. The molecule has 25 heavy (non-hydrogen) atoms. The van der Waals surface area contributed by atoms with E-state index in [1.807, 2.05) is 18.2 Å². The average Bonchev–Trinajstić information content (AvgIpc) is 2.91. The first-order valence-electron chi connectivity index (χ1n) is 9.04. The van der Waals surface area contributed by atoms with E-state index in [1.54, 1.807) is 0 Å². The van der Waals surface area contributed by atoms with Crippen LogP contribution in [0.15, 0.2) is 30.3 Å². The highest BCUT2D eigenvalue weighted by Gasteiger charge is 2.35. The van der Waals surface area contributed by atoms with Crippen LogP contribution in [0.25, 0.3) is 0 Å². The Kier molecular flexibility index (Phi) is 5.05. The molecule has 0 amide bonds. The third-order valence-corrected chi connectivity index (χ3v) is 4.93. The van der Waals surface area contributed by atoms with Crippen molar-refractivity contribution in [2.75, 3.05) is 6.61 Å². The lowest BCUT2D eigenvalue weighted by Gasteiger charge is -2.21. The molecule has 0 fully saturated rings. The molecule has 1 aliphatic heterocycles. The van der Waals surface area contributed by atoms with Gasteiger partial charge in [0.2, 0.25) is 0 Å². The van der Waals surface area contributed by atoms with E-state index in [2.05, 4.69) is 39.8 Å². The number of benzene rings is 2. The van der Waals surface area contributed by atoms with Crippen molar-refractivity contribution in [3.63, 3.8) is 0 Å². The third-order valence-electron chi connectivity index (χ3n) is 4.93. The van der Waals surface area contributed by atoms with E-state index in [1.165, 1.54) is 16.7 Å². The highest BCUT2D eigenvalue weighted by molar-refractivity contribution is 5.60. The molecule has 0 spiro atoms. The minimum absolute atomic E-state index is 0.186. The van der Waals surface area contributed by atoms with E-state index in [-0.39, 0.29) is 12.2 Å². The summed E-state index contributed by atoms with van der Waals surface area (Å²) >= 11 is 0. The van der Waals surface area contributed by atoms with Crippen molar-refractivity contribution in [1.82, 2.24) is 0 Å². The fraction of sp³-hybridized carbons (Fsp3) is 0.455.